The predicted octanol–water partition coefficient (Wildman–Crippen LogP) is 3.52. The standard InChI is InChI=1S/C21H25NO3/c1-3-21(23)22-13-18-7-5-4-6-16(18)10-15-11-17-8-9-19(24-2)12-20(17)25-14-15/h4-9,12,15H,3,10-11,13-14H2,1-2H3,(H,22,23). The molecule has 1 aliphatic rings. The molecule has 0 aromatic heterocycles. The van der Waals surface area contributed by atoms with Crippen LogP contribution in [-0.4, -0.2) is 19.6 Å². The molecule has 1 aliphatic heterocycles. The van der Waals surface area contributed by atoms with Crippen molar-refractivity contribution in [2.24, 2.45) is 5.92 Å². The second-order valence-electron chi connectivity index (χ2n) is 6.46. The number of ether oxygens (including phenoxy) is 2. The molecule has 2 aromatic rings. The first-order valence-electron chi connectivity index (χ1n) is 8.82. The molecule has 0 saturated carbocycles. The fraction of sp³-hybridized carbons (Fsp3) is 0.381. The molecular weight excluding hydrogens is 314 g/mol. The highest BCUT2D eigenvalue weighted by Gasteiger charge is 2.21. The molecule has 4 nitrogen and oxygen atoms in total. The van der Waals surface area contributed by atoms with Crippen molar-refractivity contribution in [2.75, 3.05) is 13.7 Å². The van der Waals surface area contributed by atoms with E-state index in [1.54, 1.807) is 7.11 Å². The zero-order valence-corrected chi connectivity index (χ0v) is 14.9. The van der Waals surface area contributed by atoms with E-state index in [0.717, 1.165) is 24.3 Å². The van der Waals surface area contributed by atoms with Crippen LogP contribution in [0.1, 0.15) is 30.0 Å². The Morgan fingerprint density at radius 2 is 2.04 bits per heavy atom. The largest absolute Gasteiger partial charge is 0.497 e. The van der Waals surface area contributed by atoms with Gasteiger partial charge in [-0.25, -0.2) is 0 Å². The number of amides is 1. The van der Waals surface area contributed by atoms with E-state index in [0.29, 0.717) is 25.5 Å². The van der Waals surface area contributed by atoms with E-state index in [1.165, 1.54) is 16.7 Å². The minimum absolute atomic E-state index is 0.0821. The Labute approximate surface area is 149 Å². The van der Waals surface area contributed by atoms with Gasteiger partial charge in [0.25, 0.3) is 0 Å². The summed E-state index contributed by atoms with van der Waals surface area (Å²) in [5.41, 5.74) is 3.70. The maximum absolute atomic E-state index is 11.5. The molecule has 132 valence electrons. The zero-order chi connectivity index (χ0) is 17.6. The number of rotatable bonds is 6. The van der Waals surface area contributed by atoms with Gasteiger partial charge in [-0.15, -0.1) is 0 Å². The van der Waals surface area contributed by atoms with Crippen LogP contribution >= 0.6 is 0 Å². The summed E-state index contributed by atoms with van der Waals surface area (Å²) in [6.45, 7) is 3.16. The molecule has 0 spiro atoms. The number of benzene rings is 2. The van der Waals surface area contributed by atoms with E-state index in [-0.39, 0.29) is 5.91 Å². The van der Waals surface area contributed by atoms with Gasteiger partial charge >= 0.3 is 0 Å². The summed E-state index contributed by atoms with van der Waals surface area (Å²) in [4.78, 5) is 11.5. The number of carbonyl (C=O) groups excluding carboxylic acids is 1. The molecule has 3 rings (SSSR count). The summed E-state index contributed by atoms with van der Waals surface area (Å²) < 4.78 is 11.2. The summed E-state index contributed by atoms with van der Waals surface area (Å²) >= 11 is 0. The second-order valence-corrected chi connectivity index (χ2v) is 6.46. The van der Waals surface area contributed by atoms with E-state index in [4.69, 9.17) is 9.47 Å². The molecule has 25 heavy (non-hydrogen) atoms. The van der Waals surface area contributed by atoms with Crippen molar-refractivity contribution in [2.45, 2.75) is 32.7 Å². The molecule has 1 N–H and O–H groups in total. The third-order valence-corrected chi connectivity index (χ3v) is 4.68. The van der Waals surface area contributed by atoms with Gasteiger partial charge in [0.05, 0.1) is 13.7 Å². The van der Waals surface area contributed by atoms with Crippen molar-refractivity contribution in [1.29, 1.82) is 0 Å². The molecule has 0 aliphatic carbocycles. The number of nitrogens with one attached hydrogen (secondary N) is 1. The van der Waals surface area contributed by atoms with Crippen LogP contribution in [-0.2, 0) is 24.2 Å². The van der Waals surface area contributed by atoms with Crippen molar-refractivity contribution < 1.29 is 14.3 Å². The second kappa shape index (κ2) is 8.06. The smallest absolute Gasteiger partial charge is 0.219 e. The van der Waals surface area contributed by atoms with Gasteiger partial charge in [-0.05, 0) is 35.6 Å². The first kappa shape index (κ1) is 17.3. The van der Waals surface area contributed by atoms with Crippen molar-refractivity contribution in [3.63, 3.8) is 0 Å². The highest BCUT2D eigenvalue weighted by atomic mass is 16.5. The van der Waals surface area contributed by atoms with Gasteiger partial charge in [0.1, 0.15) is 11.5 Å². The summed E-state index contributed by atoms with van der Waals surface area (Å²) in [5.74, 6) is 2.27. The molecule has 0 saturated heterocycles. The Morgan fingerprint density at radius 1 is 1.24 bits per heavy atom. The minimum Gasteiger partial charge on any atom is -0.497 e. The molecule has 1 heterocycles. The molecule has 0 bridgehead atoms. The van der Waals surface area contributed by atoms with Crippen LogP contribution < -0.4 is 14.8 Å². The van der Waals surface area contributed by atoms with Gasteiger partial charge in [-0.1, -0.05) is 37.3 Å². The highest BCUT2D eigenvalue weighted by Crippen LogP contribution is 2.32. The van der Waals surface area contributed by atoms with Crippen LogP contribution in [0.2, 0.25) is 0 Å². The monoisotopic (exact) mass is 339 g/mol. The quantitative estimate of drug-likeness (QED) is 0.876. The lowest BCUT2D eigenvalue weighted by atomic mass is 9.89. The SMILES string of the molecule is CCC(=O)NCc1ccccc1CC1COc2cc(OC)ccc2C1. The molecule has 0 fully saturated rings. The fourth-order valence-electron chi connectivity index (χ4n) is 3.23. The molecule has 1 amide bonds. The van der Waals surface area contributed by atoms with Gasteiger partial charge in [0, 0.05) is 24.9 Å². The Balaban J connectivity index is 1.68. The van der Waals surface area contributed by atoms with Gasteiger partial charge in [0.15, 0.2) is 0 Å². The molecule has 2 aromatic carbocycles. The Morgan fingerprint density at radius 3 is 2.80 bits per heavy atom. The van der Waals surface area contributed by atoms with Crippen LogP contribution in [0.5, 0.6) is 11.5 Å². The number of hydrogen-bond donors (Lipinski definition) is 1. The van der Waals surface area contributed by atoms with E-state index in [9.17, 15) is 4.79 Å². The van der Waals surface area contributed by atoms with Crippen molar-refractivity contribution in [1.82, 2.24) is 5.32 Å². The number of fused-ring (bicyclic) bond motifs is 1. The number of hydrogen-bond acceptors (Lipinski definition) is 3. The van der Waals surface area contributed by atoms with Gasteiger partial charge in [-0.2, -0.15) is 0 Å². The van der Waals surface area contributed by atoms with Crippen molar-refractivity contribution in [3.8, 4) is 11.5 Å². The van der Waals surface area contributed by atoms with Crippen LogP contribution in [0, 0.1) is 5.92 Å². The van der Waals surface area contributed by atoms with Gasteiger partial charge < -0.3 is 14.8 Å². The summed E-state index contributed by atoms with van der Waals surface area (Å²) in [6, 6.07) is 14.4. The lowest BCUT2D eigenvalue weighted by molar-refractivity contribution is -0.120. The lowest BCUT2D eigenvalue weighted by Gasteiger charge is -2.26. The summed E-state index contributed by atoms with van der Waals surface area (Å²) in [6.07, 6.45) is 2.46. The van der Waals surface area contributed by atoms with Crippen LogP contribution in [0.15, 0.2) is 42.5 Å². The third-order valence-electron chi connectivity index (χ3n) is 4.68. The lowest BCUT2D eigenvalue weighted by Crippen LogP contribution is -2.25. The maximum Gasteiger partial charge on any atom is 0.219 e. The first-order valence-corrected chi connectivity index (χ1v) is 8.82. The van der Waals surface area contributed by atoms with Crippen LogP contribution in [0.25, 0.3) is 0 Å². The summed E-state index contributed by atoms with van der Waals surface area (Å²) in [5, 5.41) is 2.97. The number of carbonyl (C=O) groups is 1. The number of methoxy groups -OCH3 is 1. The average molecular weight is 339 g/mol. The Bertz CT molecular complexity index is 742. The van der Waals surface area contributed by atoms with Crippen LogP contribution in [0.3, 0.4) is 0 Å². The first-order chi connectivity index (χ1) is 12.2. The normalized spacial score (nSPS) is 15.8. The predicted molar refractivity (Wildman–Crippen MR) is 98.0 cm³/mol. The minimum atomic E-state index is 0.0821. The van der Waals surface area contributed by atoms with Crippen molar-refractivity contribution >= 4 is 5.91 Å². The van der Waals surface area contributed by atoms with E-state index >= 15 is 0 Å². The summed E-state index contributed by atoms with van der Waals surface area (Å²) in [7, 11) is 1.67. The van der Waals surface area contributed by atoms with Gasteiger partial charge in [-0.3, -0.25) is 4.79 Å². The Kier molecular flexibility index (Phi) is 5.59. The van der Waals surface area contributed by atoms with E-state index in [1.807, 2.05) is 25.1 Å². The van der Waals surface area contributed by atoms with Gasteiger partial charge in [0.2, 0.25) is 5.91 Å². The molecule has 1 atom stereocenters. The third kappa shape index (κ3) is 4.32. The fourth-order valence-corrected chi connectivity index (χ4v) is 3.23. The molecular formula is C21H25NO3. The molecule has 1 unspecified atom stereocenters. The molecule has 0 radical (unpaired) electrons. The van der Waals surface area contributed by atoms with Crippen molar-refractivity contribution in [3.05, 3.63) is 59.2 Å². The Hall–Kier alpha value is -2.49. The topological polar surface area (TPSA) is 47.6 Å². The maximum atomic E-state index is 11.5. The van der Waals surface area contributed by atoms with Crippen LogP contribution in [0.4, 0.5) is 0 Å². The van der Waals surface area contributed by atoms with E-state index < -0.39 is 0 Å². The zero-order valence-electron chi connectivity index (χ0n) is 14.9. The highest BCUT2D eigenvalue weighted by molar-refractivity contribution is 5.75. The average Bonchev–Trinajstić information content (AvgIpc) is 2.66. The van der Waals surface area contributed by atoms with E-state index in [2.05, 4.69) is 29.6 Å². The molecule has 4 heteroatoms.